The van der Waals surface area contributed by atoms with Crippen molar-refractivity contribution in [2.45, 2.75) is 38.0 Å². The molecule has 2 saturated heterocycles. The maximum Gasteiger partial charge on any atom is 0.318 e. The van der Waals surface area contributed by atoms with Crippen molar-refractivity contribution in [1.29, 1.82) is 0 Å². The van der Waals surface area contributed by atoms with Crippen molar-refractivity contribution in [2.75, 3.05) is 51.3 Å². The van der Waals surface area contributed by atoms with Crippen LogP contribution in [0.25, 0.3) is 10.8 Å². The number of hydrogen-bond acceptors (Lipinski definition) is 7. The molecule has 0 bridgehead atoms. The zero-order chi connectivity index (χ0) is 23.8. The second kappa shape index (κ2) is 9.90. The number of rotatable bonds is 5. The SMILES string of the molecule is CN1CCC[C@@H]1COc1nc2c(c(N3CCNCC3)n1)COC(c1cccc3cccc(Cl)c13)C2. The van der Waals surface area contributed by atoms with Gasteiger partial charge in [0, 0.05) is 54.6 Å². The van der Waals surface area contributed by atoms with E-state index in [1.807, 2.05) is 12.1 Å². The van der Waals surface area contributed by atoms with Gasteiger partial charge in [0.25, 0.3) is 0 Å². The second-order valence-corrected chi connectivity index (χ2v) is 10.2. The first-order valence-electron chi connectivity index (χ1n) is 12.6. The van der Waals surface area contributed by atoms with Crippen LogP contribution in [-0.4, -0.2) is 67.3 Å². The predicted molar refractivity (Wildman–Crippen MR) is 138 cm³/mol. The van der Waals surface area contributed by atoms with Gasteiger partial charge in [-0.1, -0.05) is 41.9 Å². The Hall–Kier alpha value is -2.45. The lowest BCUT2D eigenvalue weighted by Crippen LogP contribution is -2.44. The fourth-order valence-corrected chi connectivity index (χ4v) is 5.88. The number of nitrogens with one attached hydrogen (secondary N) is 1. The van der Waals surface area contributed by atoms with Gasteiger partial charge in [0.15, 0.2) is 0 Å². The third kappa shape index (κ3) is 4.58. The highest BCUT2D eigenvalue weighted by Crippen LogP contribution is 2.39. The van der Waals surface area contributed by atoms with Crippen LogP contribution in [0.2, 0.25) is 5.02 Å². The maximum absolute atomic E-state index is 6.63. The molecule has 3 aliphatic rings. The van der Waals surface area contributed by atoms with Gasteiger partial charge in [-0.2, -0.15) is 9.97 Å². The first kappa shape index (κ1) is 23.0. The van der Waals surface area contributed by atoms with Gasteiger partial charge in [-0.3, -0.25) is 0 Å². The van der Waals surface area contributed by atoms with E-state index in [4.69, 9.17) is 31.0 Å². The molecular weight excluding hydrogens is 462 g/mol. The molecule has 184 valence electrons. The van der Waals surface area contributed by atoms with Crippen molar-refractivity contribution >= 4 is 28.2 Å². The van der Waals surface area contributed by atoms with Crippen LogP contribution in [-0.2, 0) is 17.8 Å². The summed E-state index contributed by atoms with van der Waals surface area (Å²) in [7, 11) is 2.16. The molecule has 35 heavy (non-hydrogen) atoms. The lowest BCUT2D eigenvalue weighted by atomic mass is 9.94. The van der Waals surface area contributed by atoms with E-state index in [1.165, 1.54) is 6.42 Å². The van der Waals surface area contributed by atoms with Gasteiger partial charge >= 0.3 is 6.01 Å². The number of hydrogen-bond donors (Lipinski definition) is 1. The van der Waals surface area contributed by atoms with E-state index in [0.717, 1.165) is 77.6 Å². The summed E-state index contributed by atoms with van der Waals surface area (Å²) in [5.41, 5.74) is 3.21. The average Bonchev–Trinajstić information content (AvgIpc) is 3.31. The Morgan fingerprint density at radius 3 is 2.74 bits per heavy atom. The van der Waals surface area contributed by atoms with E-state index >= 15 is 0 Å². The smallest absolute Gasteiger partial charge is 0.318 e. The molecule has 2 aromatic carbocycles. The Morgan fingerprint density at radius 1 is 1.11 bits per heavy atom. The second-order valence-electron chi connectivity index (χ2n) is 9.77. The molecule has 2 atom stereocenters. The lowest BCUT2D eigenvalue weighted by molar-refractivity contribution is 0.0265. The molecule has 1 unspecified atom stereocenters. The highest BCUT2D eigenvalue weighted by atomic mass is 35.5. The minimum Gasteiger partial charge on any atom is -0.462 e. The van der Waals surface area contributed by atoms with Crippen LogP contribution < -0.4 is 15.0 Å². The molecule has 0 saturated carbocycles. The fraction of sp³-hybridized carbons (Fsp3) is 0.481. The molecule has 2 fully saturated rings. The first-order valence-corrected chi connectivity index (χ1v) is 13.0. The summed E-state index contributed by atoms with van der Waals surface area (Å²) >= 11 is 6.63. The minimum absolute atomic E-state index is 0.120. The van der Waals surface area contributed by atoms with E-state index in [9.17, 15) is 0 Å². The number of fused-ring (bicyclic) bond motifs is 2. The normalized spacial score (nSPS) is 23.0. The molecule has 1 aromatic heterocycles. The lowest BCUT2D eigenvalue weighted by Gasteiger charge is -2.33. The number of ether oxygens (including phenoxy) is 2. The van der Waals surface area contributed by atoms with E-state index in [1.54, 1.807) is 0 Å². The summed E-state index contributed by atoms with van der Waals surface area (Å²) in [4.78, 5) is 14.5. The number of likely N-dealkylation sites (N-methyl/N-ethyl adjacent to an activating group) is 1. The Balaban J connectivity index is 1.33. The van der Waals surface area contributed by atoms with Gasteiger partial charge in [0.2, 0.25) is 0 Å². The third-order valence-corrected chi connectivity index (χ3v) is 7.90. The standard InChI is InChI=1S/C27H32ClN5O2/c1-32-12-4-7-19(32)16-35-27-30-23-15-24(20-8-2-5-18-6-3-9-22(28)25(18)20)34-17-21(23)26(31-27)33-13-10-29-11-14-33/h2-3,5-6,8-9,19,24,29H,4,7,10-17H2,1H3/t19-,24?/m1/s1. The summed E-state index contributed by atoms with van der Waals surface area (Å²) < 4.78 is 12.7. The number of anilines is 1. The molecule has 3 aromatic rings. The van der Waals surface area contributed by atoms with Crippen molar-refractivity contribution in [3.05, 3.63) is 58.2 Å². The van der Waals surface area contributed by atoms with E-state index in [2.05, 4.69) is 46.4 Å². The highest BCUT2D eigenvalue weighted by molar-refractivity contribution is 6.35. The number of likely N-dealkylation sites (tertiary alicyclic amines) is 1. The van der Waals surface area contributed by atoms with Crippen LogP contribution in [0.5, 0.6) is 6.01 Å². The van der Waals surface area contributed by atoms with Crippen molar-refractivity contribution in [2.24, 2.45) is 0 Å². The van der Waals surface area contributed by atoms with Crippen molar-refractivity contribution < 1.29 is 9.47 Å². The highest BCUT2D eigenvalue weighted by Gasteiger charge is 2.30. The zero-order valence-electron chi connectivity index (χ0n) is 20.2. The van der Waals surface area contributed by atoms with Crippen molar-refractivity contribution in [3.63, 3.8) is 0 Å². The number of nitrogens with zero attached hydrogens (tertiary/aromatic N) is 4. The molecule has 1 N–H and O–H groups in total. The van der Waals surface area contributed by atoms with Crippen LogP contribution in [0.1, 0.15) is 35.8 Å². The third-order valence-electron chi connectivity index (χ3n) is 7.58. The largest absolute Gasteiger partial charge is 0.462 e. The topological polar surface area (TPSA) is 62.8 Å². The van der Waals surface area contributed by atoms with Crippen LogP contribution in [0, 0.1) is 0 Å². The quantitative estimate of drug-likeness (QED) is 0.576. The molecular formula is C27H32ClN5O2. The Bertz CT molecular complexity index is 1210. The minimum atomic E-state index is -0.120. The molecule has 4 heterocycles. The number of aromatic nitrogens is 2. The molecule has 8 heteroatoms. The summed E-state index contributed by atoms with van der Waals surface area (Å²) in [6, 6.07) is 13.2. The van der Waals surface area contributed by atoms with Crippen LogP contribution in [0.15, 0.2) is 36.4 Å². The van der Waals surface area contributed by atoms with Crippen LogP contribution in [0.3, 0.4) is 0 Å². The molecule has 0 radical (unpaired) electrons. The Kier molecular flexibility index (Phi) is 6.50. The Labute approximate surface area is 211 Å². The Morgan fingerprint density at radius 2 is 1.94 bits per heavy atom. The van der Waals surface area contributed by atoms with E-state index in [0.29, 0.717) is 31.7 Å². The van der Waals surface area contributed by atoms with Gasteiger partial charge in [-0.05, 0) is 43.5 Å². The van der Waals surface area contributed by atoms with Gasteiger partial charge in [0.1, 0.15) is 12.4 Å². The molecule has 3 aliphatic heterocycles. The number of halogens is 1. The average molecular weight is 494 g/mol. The van der Waals surface area contributed by atoms with Gasteiger partial charge in [-0.15, -0.1) is 0 Å². The molecule has 0 amide bonds. The van der Waals surface area contributed by atoms with Gasteiger partial charge < -0.3 is 24.6 Å². The molecule has 6 rings (SSSR count). The monoisotopic (exact) mass is 493 g/mol. The van der Waals surface area contributed by atoms with E-state index in [-0.39, 0.29) is 6.10 Å². The summed E-state index contributed by atoms with van der Waals surface area (Å²) in [6.45, 7) is 5.94. The fourth-order valence-electron chi connectivity index (χ4n) is 5.58. The van der Waals surface area contributed by atoms with Crippen LogP contribution in [0.4, 0.5) is 5.82 Å². The zero-order valence-corrected chi connectivity index (χ0v) is 20.9. The molecule has 7 nitrogen and oxygen atoms in total. The van der Waals surface area contributed by atoms with E-state index < -0.39 is 0 Å². The van der Waals surface area contributed by atoms with Crippen LogP contribution >= 0.6 is 11.6 Å². The summed E-state index contributed by atoms with van der Waals surface area (Å²) in [5, 5.41) is 6.36. The molecule has 0 spiro atoms. The first-order chi connectivity index (χ1) is 17.2. The molecule has 0 aliphatic carbocycles. The predicted octanol–water partition coefficient (Wildman–Crippen LogP) is 3.98. The number of benzene rings is 2. The number of piperazine rings is 1. The van der Waals surface area contributed by atoms with Crippen molar-refractivity contribution in [3.8, 4) is 6.01 Å². The maximum atomic E-state index is 6.63. The summed E-state index contributed by atoms with van der Waals surface area (Å²) in [6.07, 6.45) is 2.92. The van der Waals surface area contributed by atoms with Gasteiger partial charge in [-0.25, -0.2) is 0 Å². The van der Waals surface area contributed by atoms with Crippen molar-refractivity contribution in [1.82, 2.24) is 20.2 Å². The van der Waals surface area contributed by atoms with Gasteiger partial charge in [0.05, 0.1) is 18.4 Å². The summed E-state index contributed by atoms with van der Waals surface area (Å²) in [5.74, 6) is 0.959.